The Hall–Kier alpha value is -0.650. The highest BCUT2D eigenvalue weighted by Gasteiger charge is 2.34. The third-order valence-electron chi connectivity index (χ3n) is 3.27. The normalized spacial score (nSPS) is 27.9. The molecule has 0 aromatic heterocycles. The lowest BCUT2D eigenvalue weighted by Crippen LogP contribution is -2.55. The van der Waals surface area contributed by atoms with Gasteiger partial charge in [0.2, 0.25) is 0 Å². The molecule has 17 heavy (non-hydrogen) atoms. The number of aliphatic hydroxyl groups excluding tert-OH is 1. The molecule has 1 fully saturated rings. The molecule has 0 spiro atoms. The summed E-state index contributed by atoms with van der Waals surface area (Å²) in [6.07, 6.45) is 2.31. The van der Waals surface area contributed by atoms with Gasteiger partial charge in [0.05, 0.1) is 19.3 Å². The van der Waals surface area contributed by atoms with Gasteiger partial charge in [0.15, 0.2) is 0 Å². The minimum Gasteiger partial charge on any atom is -0.480 e. The number of unbranched alkanes of at least 4 members (excludes halogenated alkanes) is 1. The number of carboxylic acid groups (broad SMARTS) is 1. The van der Waals surface area contributed by atoms with Crippen LogP contribution in [0.4, 0.5) is 0 Å². The van der Waals surface area contributed by atoms with Crippen LogP contribution in [-0.4, -0.2) is 59.0 Å². The van der Waals surface area contributed by atoms with Crippen LogP contribution < -0.4 is 0 Å². The molecule has 0 amide bonds. The van der Waals surface area contributed by atoms with Crippen molar-refractivity contribution < 1.29 is 19.7 Å². The molecule has 0 aromatic rings. The van der Waals surface area contributed by atoms with Crippen molar-refractivity contribution in [2.45, 2.75) is 51.3 Å². The molecule has 1 aliphatic rings. The minimum absolute atomic E-state index is 0.0522. The lowest BCUT2D eigenvalue weighted by atomic mass is 10.0. The van der Waals surface area contributed by atoms with E-state index in [1.807, 2.05) is 11.8 Å². The zero-order valence-corrected chi connectivity index (χ0v) is 10.6. The Bertz CT molecular complexity index is 247. The average Bonchev–Trinajstić information content (AvgIpc) is 2.31. The highest BCUT2D eigenvalue weighted by Crippen LogP contribution is 2.18. The lowest BCUT2D eigenvalue weighted by molar-refractivity contribution is -0.151. The number of ether oxygens (including phenoxy) is 1. The maximum atomic E-state index is 11.3. The van der Waals surface area contributed by atoms with E-state index in [2.05, 4.69) is 6.92 Å². The molecule has 0 bridgehead atoms. The molecule has 5 heteroatoms. The highest BCUT2D eigenvalue weighted by molar-refractivity contribution is 5.73. The number of aliphatic hydroxyl groups is 1. The predicted octanol–water partition coefficient (Wildman–Crippen LogP) is 0.711. The fraction of sp³-hybridized carbons (Fsp3) is 0.917. The van der Waals surface area contributed by atoms with Gasteiger partial charge in [-0.05, 0) is 13.3 Å². The zero-order chi connectivity index (χ0) is 12.8. The summed E-state index contributed by atoms with van der Waals surface area (Å²) in [4.78, 5) is 13.2. The van der Waals surface area contributed by atoms with Crippen LogP contribution in [0.25, 0.3) is 0 Å². The Kier molecular flexibility index (Phi) is 5.88. The second-order valence-corrected chi connectivity index (χ2v) is 4.68. The van der Waals surface area contributed by atoms with Gasteiger partial charge in [-0.25, -0.2) is 0 Å². The van der Waals surface area contributed by atoms with E-state index in [9.17, 15) is 9.90 Å². The van der Waals surface area contributed by atoms with Gasteiger partial charge in [0.25, 0.3) is 0 Å². The number of carboxylic acids is 1. The monoisotopic (exact) mass is 245 g/mol. The molecule has 5 nitrogen and oxygen atoms in total. The Labute approximate surface area is 102 Å². The van der Waals surface area contributed by atoms with Gasteiger partial charge in [-0.15, -0.1) is 0 Å². The molecule has 1 saturated heterocycles. The van der Waals surface area contributed by atoms with Crippen LogP contribution in [0.2, 0.25) is 0 Å². The standard InChI is InChI=1S/C12H23NO4/c1-3-4-5-11(12(15)16)13-6-10(7-14)17-8-9(13)2/h9-11,14H,3-8H2,1-2H3,(H,15,16). The summed E-state index contributed by atoms with van der Waals surface area (Å²) < 4.78 is 5.42. The van der Waals surface area contributed by atoms with E-state index < -0.39 is 12.0 Å². The first-order valence-corrected chi connectivity index (χ1v) is 6.31. The van der Waals surface area contributed by atoms with Crippen molar-refractivity contribution in [3.05, 3.63) is 0 Å². The van der Waals surface area contributed by atoms with Gasteiger partial charge in [0, 0.05) is 12.6 Å². The number of hydrogen-bond acceptors (Lipinski definition) is 4. The summed E-state index contributed by atoms with van der Waals surface area (Å²) in [5.74, 6) is -0.774. The lowest BCUT2D eigenvalue weighted by Gasteiger charge is -2.40. The van der Waals surface area contributed by atoms with E-state index in [0.29, 0.717) is 19.6 Å². The first kappa shape index (κ1) is 14.4. The summed E-state index contributed by atoms with van der Waals surface area (Å²) in [5, 5.41) is 18.4. The summed E-state index contributed by atoms with van der Waals surface area (Å²) in [6, 6.07) is -0.362. The first-order chi connectivity index (χ1) is 8.10. The van der Waals surface area contributed by atoms with E-state index in [-0.39, 0.29) is 18.8 Å². The van der Waals surface area contributed by atoms with Crippen molar-refractivity contribution in [2.75, 3.05) is 19.8 Å². The molecule has 100 valence electrons. The average molecular weight is 245 g/mol. The molecule has 0 aromatic carbocycles. The van der Waals surface area contributed by atoms with Crippen molar-refractivity contribution in [3.8, 4) is 0 Å². The zero-order valence-electron chi connectivity index (χ0n) is 10.6. The van der Waals surface area contributed by atoms with Gasteiger partial charge >= 0.3 is 5.97 Å². The van der Waals surface area contributed by atoms with Crippen molar-refractivity contribution in [3.63, 3.8) is 0 Å². The van der Waals surface area contributed by atoms with Crippen LogP contribution in [0.3, 0.4) is 0 Å². The SMILES string of the molecule is CCCCC(C(=O)O)N1CC(CO)OCC1C. The number of rotatable bonds is 6. The smallest absolute Gasteiger partial charge is 0.320 e. The second kappa shape index (κ2) is 6.93. The van der Waals surface area contributed by atoms with Crippen LogP contribution in [0.15, 0.2) is 0 Å². The van der Waals surface area contributed by atoms with Crippen LogP contribution in [0, 0.1) is 0 Å². The van der Waals surface area contributed by atoms with E-state index in [1.165, 1.54) is 0 Å². The predicted molar refractivity (Wildman–Crippen MR) is 63.9 cm³/mol. The molecule has 3 atom stereocenters. The van der Waals surface area contributed by atoms with E-state index >= 15 is 0 Å². The van der Waals surface area contributed by atoms with Crippen molar-refractivity contribution in [1.29, 1.82) is 0 Å². The topological polar surface area (TPSA) is 70.0 Å². The third kappa shape index (κ3) is 3.94. The van der Waals surface area contributed by atoms with Gasteiger partial charge < -0.3 is 14.9 Å². The van der Waals surface area contributed by atoms with Gasteiger partial charge in [-0.3, -0.25) is 9.69 Å². The summed E-state index contributed by atoms with van der Waals surface area (Å²) in [5.41, 5.74) is 0. The molecule has 3 unspecified atom stereocenters. The van der Waals surface area contributed by atoms with Crippen LogP contribution in [0.5, 0.6) is 0 Å². The van der Waals surface area contributed by atoms with Crippen LogP contribution >= 0.6 is 0 Å². The molecule has 1 heterocycles. The van der Waals surface area contributed by atoms with Crippen molar-refractivity contribution in [2.24, 2.45) is 0 Å². The van der Waals surface area contributed by atoms with Crippen LogP contribution in [0.1, 0.15) is 33.1 Å². The molecular weight excluding hydrogens is 222 g/mol. The van der Waals surface area contributed by atoms with Crippen molar-refractivity contribution in [1.82, 2.24) is 4.90 Å². The Morgan fingerprint density at radius 1 is 1.59 bits per heavy atom. The highest BCUT2D eigenvalue weighted by atomic mass is 16.5. The maximum absolute atomic E-state index is 11.3. The number of carbonyl (C=O) groups is 1. The molecule has 2 N–H and O–H groups in total. The second-order valence-electron chi connectivity index (χ2n) is 4.68. The Balaban J connectivity index is 2.65. The molecule has 0 radical (unpaired) electrons. The number of hydrogen-bond donors (Lipinski definition) is 2. The Morgan fingerprint density at radius 3 is 2.82 bits per heavy atom. The minimum atomic E-state index is -0.774. The summed E-state index contributed by atoms with van der Waals surface area (Å²) in [6.45, 7) is 4.95. The van der Waals surface area contributed by atoms with Crippen LogP contribution in [-0.2, 0) is 9.53 Å². The number of morpholine rings is 1. The van der Waals surface area contributed by atoms with Gasteiger partial charge in [-0.2, -0.15) is 0 Å². The first-order valence-electron chi connectivity index (χ1n) is 6.31. The fourth-order valence-corrected chi connectivity index (χ4v) is 2.21. The van der Waals surface area contributed by atoms with E-state index in [1.54, 1.807) is 0 Å². The molecule has 1 rings (SSSR count). The molecule has 0 saturated carbocycles. The summed E-state index contributed by atoms with van der Waals surface area (Å²) >= 11 is 0. The quantitative estimate of drug-likeness (QED) is 0.721. The molecule has 1 aliphatic heterocycles. The Morgan fingerprint density at radius 2 is 2.29 bits per heavy atom. The third-order valence-corrected chi connectivity index (χ3v) is 3.27. The molecule has 0 aliphatic carbocycles. The maximum Gasteiger partial charge on any atom is 0.320 e. The van der Waals surface area contributed by atoms with Gasteiger partial charge in [-0.1, -0.05) is 19.8 Å². The van der Waals surface area contributed by atoms with Gasteiger partial charge in [0.1, 0.15) is 6.04 Å². The largest absolute Gasteiger partial charge is 0.480 e. The number of aliphatic carboxylic acids is 1. The van der Waals surface area contributed by atoms with E-state index in [4.69, 9.17) is 9.84 Å². The number of nitrogens with zero attached hydrogens (tertiary/aromatic N) is 1. The van der Waals surface area contributed by atoms with E-state index in [0.717, 1.165) is 12.8 Å². The molecular formula is C12H23NO4. The van der Waals surface area contributed by atoms with Crippen molar-refractivity contribution >= 4 is 5.97 Å². The fourth-order valence-electron chi connectivity index (χ4n) is 2.21. The summed E-state index contributed by atoms with van der Waals surface area (Å²) in [7, 11) is 0.